The molecule has 0 aliphatic heterocycles. The van der Waals surface area contributed by atoms with Crippen molar-refractivity contribution in [2.75, 3.05) is 5.73 Å². The van der Waals surface area contributed by atoms with Gasteiger partial charge in [-0.3, -0.25) is 0 Å². The zero-order valence-corrected chi connectivity index (χ0v) is 11.7. The number of halogens is 1. The number of nitrogens with two attached hydrogens (primary N) is 1. The smallest absolute Gasteiger partial charge is 0.140 e. The van der Waals surface area contributed by atoms with Crippen molar-refractivity contribution in [1.29, 1.82) is 0 Å². The molecule has 84 valence electrons. The zero-order chi connectivity index (χ0) is 11.4. The van der Waals surface area contributed by atoms with Gasteiger partial charge in [0.1, 0.15) is 11.6 Å². The van der Waals surface area contributed by atoms with Gasteiger partial charge in [0.05, 0.1) is 9.26 Å². The first kappa shape index (κ1) is 12.7. The summed E-state index contributed by atoms with van der Waals surface area (Å²) < 4.78 is 1.02. The highest BCUT2D eigenvalue weighted by atomic mass is 127. The molecular formula is C11H18IN3. The van der Waals surface area contributed by atoms with Gasteiger partial charge in [-0.15, -0.1) is 0 Å². The summed E-state index contributed by atoms with van der Waals surface area (Å²) in [6.07, 6.45) is 2.97. The third kappa shape index (κ3) is 3.59. The molecule has 4 heteroatoms. The van der Waals surface area contributed by atoms with Gasteiger partial charge < -0.3 is 5.73 Å². The quantitative estimate of drug-likeness (QED) is 0.868. The Morgan fingerprint density at radius 2 is 2.00 bits per heavy atom. The molecule has 0 spiro atoms. The first-order valence-corrected chi connectivity index (χ1v) is 6.43. The largest absolute Gasteiger partial charge is 0.383 e. The first-order chi connectivity index (χ1) is 7.04. The van der Waals surface area contributed by atoms with Crippen molar-refractivity contribution in [3.05, 3.63) is 15.1 Å². The van der Waals surface area contributed by atoms with E-state index in [4.69, 9.17) is 5.73 Å². The van der Waals surface area contributed by atoms with Crippen LogP contribution in [0.4, 0.5) is 5.82 Å². The Kier molecular flexibility index (Phi) is 4.76. The Morgan fingerprint density at radius 1 is 1.33 bits per heavy atom. The summed E-state index contributed by atoms with van der Waals surface area (Å²) in [5, 5.41) is 0. The molecule has 1 aromatic rings. The lowest BCUT2D eigenvalue weighted by Gasteiger charge is -2.09. The summed E-state index contributed by atoms with van der Waals surface area (Å²) >= 11 is 2.23. The lowest BCUT2D eigenvalue weighted by molar-refractivity contribution is 0.617. The van der Waals surface area contributed by atoms with Crippen molar-refractivity contribution in [2.24, 2.45) is 5.92 Å². The summed E-state index contributed by atoms with van der Waals surface area (Å²) in [6.45, 7) is 6.48. The topological polar surface area (TPSA) is 51.8 Å². The molecule has 1 aromatic heterocycles. The Hall–Kier alpha value is -0.390. The van der Waals surface area contributed by atoms with Gasteiger partial charge in [0.25, 0.3) is 0 Å². The van der Waals surface area contributed by atoms with E-state index in [1.807, 2.05) is 0 Å². The summed E-state index contributed by atoms with van der Waals surface area (Å²) in [5.74, 6) is 2.08. The van der Waals surface area contributed by atoms with Crippen LogP contribution in [0.5, 0.6) is 0 Å². The molecule has 1 heterocycles. The minimum atomic E-state index is 0.568. The second kappa shape index (κ2) is 5.63. The van der Waals surface area contributed by atoms with E-state index in [1.165, 1.54) is 0 Å². The molecule has 0 atom stereocenters. The molecule has 15 heavy (non-hydrogen) atoms. The normalized spacial score (nSPS) is 11.0. The number of anilines is 1. The predicted molar refractivity (Wildman–Crippen MR) is 71.7 cm³/mol. The minimum absolute atomic E-state index is 0.568. The Balaban J connectivity index is 3.00. The van der Waals surface area contributed by atoms with E-state index in [2.05, 4.69) is 53.3 Å². The van der Waals surface area contributed by atoms with Gasteiger partial charge in [0, 0.05) is 6.42 Å². The number of rotatable bonds is 4. The average Bonchev–Trinajstić information content (AvgIpc) is 2.12. The molecule has 0 unspecified atom stereocenters. The molecular weight excluding hydrogens is 301 g/mol. The van der Waals surface area contributed by atoms with Gasteiger partial charge in [0.2, 0.25) is 0 Å². The van der Waals surface area contributed by atoms with Crippen LogP contribution < -0.4 is 5.73 Å². The number of nitrogens with zero attached hydrogens (tertiary/aromatic N) is 2. The summed E-state index contributed by atoms with van der Waals surface area (Å²) in [5.41, 5.74) is 6.97. The van der Waals surface area contributed by atoms with Gasteiger partial charge in [-0.05, 0) is 34.9 Å². The SMILES string of the molecule is CCCc1nc(CC(C)C)nc(N)c1I. The highest BCUT2D eigenvalue weighted by molar-refractivity contribution is 14.1. The van der Waals surface area contributed by atoms with Crippen LogP contribution in [0.3, 0.4) is 0 Å². The van der Waals surface area contributed by atoms with Crippen LogP contribution in [0.25, 0.3) is 0 Å². The molecule has 0 radical (unpaired) electrons. The van der Waals surface area contributed by atoms with Crippen LogP contribution in [0.2, 0.25) is 0 Å². The molecule has 0 aliphatic carbocycles. The Morgan fingerprint density at radius 3 is 2.53 bits per heavy atom. The minimum Gasteiger partial charge on any atom is -0.383 e. The van der Waals surface area contributed by atoms with Crippen LogP contribution in [0.15, 0.2) is 0 Å². The lowest BCUT2D eigenvalue weighted by atomic mass is 10.1. The maximum atomic E-state index is 5.87. The lowest BCUT2D eigenvalue weighted by Crippen LogP contribution is -2.09. The standard InChI is InChI=1S/C11H18IN3/c1-4-5-8-10(12)11(13)15-9(14-8)6-7(2)3/h7H,4-6H2,1-3H3,(H2,13,14,15). The third-order valence-electron chi connectivity index (χ3n) is 2.07. The van der Waals surface area contributed by atoms with Crippen LogP contribution in [-0.2, 0) is 12.8 Å². The first-order valence-electron chi connectivity index (χ1n) is 5.35. The van der Waals surface area contributed by atoms with E-state index in [-0.39, 0.29) is 0 Å². The summed E-state index contributed by atoms with van der Waals surface area (Å²) in [4.78, 5) is 8.88. The van der Waals surface area contributed by atoms with Gasteiger partial charge in [0.15, 0.2) is 0 Å². The molecule has 0 amide bonds. The van der Waals surface area contributed by atoms with Crippen molar-refractivity contribution < 1.29 is 0 Å². The van der Waals surface area contributed by atoms with E-state index in [0.29, 0.717) is 11.7 Å². The molecule has 0 fully saturated rings. The van der Waals surface area contributed by atoms with Crippen molar-refractivity contribution >= 4 is 28.4 Å². The van der Waals surface area contributed by atoms with E-state index >= 15 is 0 Å². The van der Waals surface area contributed by atoms with E-state index < -0.39 is 0 Å². The van der Waals surface area contributed by atoms with Crippen LogP contribution >= 0.6 is 22.6 Å². The molecule has 2 N–H and O–H groups in total. The number of aryl methyl sites for hydroxylation is 1. The summed E-state index contributed by atoms with van der Waals surface area (Å²) in [6, 6.07) is 0. The van der Waals surface area contributed by atoms with Crippen LogP contribution in [-0.4, -0.2) is 9.97 Å². The molecule has 0 aromatic carbocycles. The van der Waals surface area contributed by atoms with Crippen molar-refractivity contribution in [3.63, 3.8) is 0 Å². The van der Waals surface area contributed by atoms with Gasteiger partial charge in [-0.2, -0.15) is 0 Å². The Labute approximate surface area is 105 Å². The van der Waals surface area contributed by atoms with Crippen LogP contribution in [0, 0.1) is 9.49 Å². The monoisotopic (exact) mass is 319 g/mol. The molecule has 0 saturated heterocycles. The number of hydrogen-bond donors (Lipinski definition) is 1. The van der Waals surface area contributed by atoms with E-state index in [9.17, 15) is 0 Å². The van der Waals surface area contributed by atoms with Crippen molar-refractivity contribution in [2.45, 2.75) is 40.0 Å². The molecule has 3 nitrogen and oxygen atoms in total. The average molecular weight is 319 g/mol. The maximum absolute atomic E-state index is 5.87. The van der Waals surface area contributed by atoms with E-state index in [1.54, 1.807) is 0 Å². The van der Waals surface area contributed by atoms with Gasteiger partial charge in [-0.1, -0.05) is 27.2 Å². The predicted octanol–water partition coefficient (Wildman–Crippen LogP) is 2.81. The van der Waals surface area contributed by atoms with Crippen molar-refractivity contribution in [3.8, 4) is 0 Å². The second-order valence-corrected chi connectivity index (χ2v) is 5.21. The highest BCUT2D eigenvalue weighted by Gasteiger charge is 2.10. The fourth-order valence-electron chi connectivity index (χ4n) is 1.42. The molecule has 0 saturated carbocycles. The number of nitrogen functional groups attached to an aromatic ring is 1. The maximum Gasteiger partial charge on any atom is 0.140 e. The summed E-state index contributed by atoms with van der Waals surface area (Å²) in [7, 11) is 0. The Bertz CT molecular complexity index is 337. The molecule has 0 bridgehead atoms. The van der Waals surface area contributed by atoms with Gasteiger partial charge in [-0.25, -0.2) is 9.97 Å². The third-order valence-corrected chi connectivity index (χ3v) is 3.24. The second-order valence-electron chi connectivity index (χ2n) is 4.13. The molecule has 1 rings (SSSR count). The highest BCUT2D eigenvalue weighted by Crippen LogP contribution is 2.18. The number of hydrogen-bond acceptors (Lipinski definition) is 3. The zero-order valence-electron chi connectivity index (χ0n) is 9.55. The van der Waals surface area contributed by atoms with Crippen LogP contribution in [0.1, 0.15) is 38.7 Å². The fraction of sp³-hybridized carbons (Fsp3) is 0.636. The van der Waals surface area contributed by atoms with E-state index in [0.717, 1.165) is 34.4 Å². The number of aromatic nitrogens is 2. The van der Waals surface area contributed by atoms with Gasteiger partial charge >= 0.3 is 0 Å². The fourth-order valence-corrected chi connectivity index (χ4v) is 1.94. The molecule has 0 aliphatic rings. The van der Waals surface area contributed by atoms with Crippen molar-refractivity contribution in [1.82, 2.24) is 9.97 Å².